The number of ether oxygens (including phenoxy) is 2. The van der Waals surface area contributed by atoms with E-state index in [0.717, 1.165) is 0 Å². The summed E-state index contributed by atoms with van der Waals surface area (Å²) in [4.78, 5) is 29.4. The number of hydrogen-bond donors (Lipinski definition) is 0. The van der Waals surface area contributed by atoms with Crippen molar-refractivity contribution in [2.24, 2.45) is 0 Å². The van der Waals surface area contributed by atoms with Crippen molar-refractivity contribution in [3.05, 3.63) is 28.5 Å². The number of aromatic nitrogens is 1. The number of methoxy groups -OCH3 is 1. The summed E-state index contributed by atoms with van der Waals surface area (Å²) >= 11 is 3.31. The molecular weight excluding hydrogens is 328 g/mol. The van der Waals surface area contributed by atoms with E-state index >= 15 is 0 Å². The maximum absolute atomic E-state index is 12.4. The van der Waals surface area contributed by atoms with Gasteiger partial charge in [0.25, 0.3) is 5.91 Å². The smallest absolute Gasteiger partial charge is 0.308 e. The van der Waals surface area contributed by atoms with Gasteiger partial charge in [0.2, 0.25) is 0 Å². The summed E-state index contributed by atoms with van der Waals surface area (Å²) < 4.78 is 10.7. The minimum absolute atomic E-state index is 0.143. The summed E-state index contributed by atoms with van der Waals surface area (Å²) in [5, 5.41) is 0. The molecule has 1 saturated heterocycles. The summed E-state index contributed by atoms with van der Waals surface area (Å²) in [5.41, 5.74) is 0.367. The molecule has 20 heavy (non-hydrogen) atoms. The van der Waals surface area contributed by atoms with Crippen molar-refractivity contribution in [3.8, 4) is 0 Å². The van der Waals surface area contributed by atoms with Crippen LogP contribution in [0.15, 0.2) is 22.8 Å². The molecule has 2 heterocycles. The number of rotatable bonds is 3. The van der Waals surface area contributed by atoms with Gasteiger partial charge >= 0.3 is 5.97 Å². The molecule has 0 aliphatic carbocycles. The lowest BCUT2D eigenvalue weighted by Crippen LogP contribution is -2.46. The third-order valence-electron chi connectivity index (χ3n) is 3.01. The molecule has 2 rings (SSSR count). The standard InChI is InChI=1S/C13H15BrN2O4/c1-19-11(17)7-9-8-16(5-6-20-9)13(18)12-10(14)3-2-4-15-12/h2-4,9H,5-8H2,1H3. The van der Waals surface area contributed by atoms with Gasteiger partial charge in [0.15, 0.2) is 0 Å². The highest BCUT2D eigenvalue weighted by Crippen LogP contribution is 2.18. The first kappa shape index (κ1) is 14.9. The van der Waals surface area contributed by atoms with E-state index in [1.54, 1.807) is 23.2 Å². The number of esters is 1. The van der Waals surface area contributed by atoms with E-state index in [1.165, 1.54) is 7.11 Å². The number of carbonyl (C=O) groups excluding carboxylic acids is 2. The highest BCUT2D eigenvalue weighted by atomic mass is 79.9. The predicted octanol–water partition coefficient (Wildman–Crippen LogP) is 1.25. The van der Waals surface area contributed by atoms with Gasteiger partial charge in [0.05, 0.1) is 26.2 Å². The average Bonchev–Trinajstić information content (AvgIpc) is 2.47. The van der Waals surface area contributed by atoms with E-state index in [1.807, 2.05) is 0 Å². The van der Waals surface area contributed by atoms with Gasteiger partial charge in [-0.05, 0) is 28.1 Å². The first-order valence-corrected chi connectivity index (χ1v) is 6.99. The molecule has 0 aromatic carbocycles. The normalized spacial score (nSPS) is 18.7. The number of nitrogens with zero attached hydrogens (tertiary/aromatic N) is 2. The maximum Gasteiger partial charge on any atom is 0.308 e. The quantitative estimate of drug-likeness (QED) is 0.773. The van der Waals surface area contributed by atoms with Crippen LogP contribution < -0.4 is 0 Å². The Labute approximate surface area is 125 Å². The summed E-state index contributed by atoms with van der Waals surface area (Å²) in [6, 6.07) is 3.52. The van der Waals surface area contributed by atoms with Crippen LogP contribution in [0.2, 0.25) is 0 Å². The predicted molar refractivity (Wildman–Crippen MR) is 74.2 cm³/mol. The van der Waals surface area contributed by atoms with E-state index in [-0.39, 0.29) is 24.4 Å². The molecule has 1 aliphatic rings. The van der Waals surface area contributed by atoms with Crippen molar-refractivity contribution in [2.45, 2.75) is 12.5 Å². The van der Waals surface area contributed by atoms with Gasteiger partial charge in [0.1, 0.15) is 5.69 Å². The molecule has 1 aromatic rings. The molecule has 0 bridgehead atoms. The molecular formula is C13H15BrN2O4. The number of pyridine rings is 1. The van der Waals surface area contributed by atoms with Gasteiger partial charge in [-0.2, -0.15) is 0 Å². The third kappa shape index (κ3) is 3.55. The Bertz CT molecular complexity index is 509. The Kier molecular flexibility index (Phi) is 5.08. The molecule has 1 aromatic heterocycles. The monoisotopic (exact) mass is 342 g/mol. The van der Waals surface area contributed by atoms with Gasteiger partial charge in [-0.3, -0.25) is 9.59 Å². The van der Waals surface area contributed by atoms with Crippen LogP contribution in [0.4, 0.5) is 0 Å². The first-order chi connectivity index (χ1) is 9.61. The minimum atomic E-state index is -0.344. The molecule has 1 atom stereocenters. The molecule has 0 radical (unpaired) electrons. The second kappa shape index (κ2) is 6.81. The van der Waals surface area contributed by atoms with Crippen molar-refractivity contribution in [1.29, 1.82) is 0 Å². The van der Waals surface area contributed by atoms with Crippen LogP contribution in [0, 0.1) is 0 Å². The van der Waals surface area contributed by atoms with Crippen LogP contribution in [0.25, 0.3) is 0 Å². The molecule has 1 fully saturated rings. The molecule has 6 nitrogen and oxygen atoms in total. The Balaban J connectivity index is 2.03. The lowest BCUT2D eigenvalue weighted by atomic mass is 10.2. The number of morpholine rings is 1. The first-order valence-electron chi connectivity index (χ1n) is 6.20. The zero-order valence-corrected chi connectivity index (χ0v) is 12.6. The Morgan fingerprint density at radius 3 is 3.10 bits per heavy atom. The highest BCUT2D eigenvalue weighted by Gasteiger charge is 2.28. The fourth-order valence-corrected chi connectivity index (χ4v) is 2.41. The van der Waals surface area contributed by atoms with Crippen LogP contribution in [-0.4, -0.2) is 54.7 Å². The number of hydrogen-bond acceptors (Lipinski definition) is 5. The minimum Gasteiger partial charge on any atom is -0.469 e. The largest absolute Gasteiger partial charge is 0.469 e. The number of carbonyl (C=O) groups is 2. The van der Waals surface area contributed by atoms with Crippen molar-refractivity contribution in [2.75, 3.05) is 26.8 Å². The lowest BCUT2D eigenvalue weighted by Gasteiger charge is -2.32. The van der Waals surface area contributed by atoms with Crippen molar-refractivity contribution < 1.29 is 19.1 Å². The zero-order chi connectivity index (χ0) is 14.5. The summed E-state index contributed by atoms with van der Waals surface area (Å²) in [6.07, 6.45) is 1.39. The SMILES string of the molecule is COC(=O)CC1CN(C(=O)c2ncccc2Br)CCO1. The molecule has 1 amide bonds. The molecule has 0 spiro atoms. The maximum atomic E-state index is 12.4. The zero-order valence-electron chi connectivity index (χ0n) is 11.0. The van der Waals surface area contributed by atoms with E-state index in [2.05, 4.69) is 25.7 Å². The molecule has 0 saturated carbocycles. The van der Waals surface area contributed by atoms with Crippen LogP contribution >= 0.6 is 15.9 Å². The van der Waals surface area contributed by atoms with Gasteiger partial charge in [0, 0.05) is 23.8 Å². The Morgan fingerprint density at radius 1 is 1.60 bits per heavy atom. The molecule has 7 heteroatoms. The molecule has 108 valence electrons. The van der Waals surface area contributed by atoms with Crippen LogP contribution in [0.3, 0.4) is 0 Å². The third-order valence-corrected chi connectivity index (χ3v) is 3.65. The van der Waals surface area contributed by atoms with Gasteiger partial charge in [-0.25, -0.2) is 4.98 Å². The van der Waals surface area contributed by atoms with Crippen molar-refractivity contribution in [3.63, 3.8) is 0 Å². The van der Waals surface area contributed by atoms with Gasteiger partial charge < -0.3 is 14.4 Å². The number of amides is 1. The van der Waals surface area contributed by atoms with Crippen molar-refractivity contribution in [1.82, 2.24) is 9.88 Å². The summed E-state index contributed by atoms with van der Waals surface area (Å²) in [5.74, 6) is -0.515. The van der Waals surface area contributed by atoms with Crippen LogP contribution in [0.1, 0.15) is 16.9 Å². The molecule has 1 unspecified atom stereocenters. The van der Waals surface area contributed by atoms with Gasteiger partial charge in [-0.1, -0.05) is 0 Å². The van der Waals surface area contributed by atoms with Crippen molar-refractivity contribution >= 4 is 27.8 Å². The van der Waals surface area contributed by atoms with E-state index in [4.69, 9.17) is 4.74 Å². The lowest BCUT2D eigenvalue weighted by molar-refractivity contribution is -0.145. The van der Waals surface area contributed by atoms with E-state index in [9.17, 15) is 9.59 Å². The van der Waals surface area contributed by atoms with Gasteiger partial charge in [-0.15, -0.1) is 0 Å². The Hall–Kier alpha value is -1.47. The topological polar surface area (TPSA) is 68.7 Å². The number of halogens is 1. The van der Waals surface area contributed by atoms with Crippen LogP contribution in [-0.2, 0) is 14.3 Å². The second-order valence-electron chi connectivity index (χ2n) is 4.36. The molecule has 0 N–H and O–H groups in total. The van der Waals surface area contributed by atoms with E-state index in [0.29, 0.717) is 29.9 Å². The summed E-state index contributed by atoms with van der Waals surface area (Å²) in [7, 11) is 1.33. The fraction of sp³-hybridized carbons (Fsp3) is 0.462. The second-order valence-corrected chi connectivity index (χ2v) is 5.21. The van der Waals surface area contributed by atoms with E-state index < -0.39 is 0 Å². The summed E-state index contributed by atoms with van der Waals surface area (Å²) in [6.45, 7) is 1.24. The highest BCUT2D eigenvalue weighted by molar-refractivity contribution is 9.10. The Morgan fingerprint density at radius 2 is 2.40 bits per heavy atom. The molecule has 1 aliphatic heterocycles. The van der Waals surface area contributed by atoms with Crippen LogP contribution in [0.5, 0.6) is 0 Å². The average molecular weight is 343 g/mol. The fourth-order valence-electron chi connectivity index (χ4n) is 1.99.